The number of hydrogen-bond donors (Lipinski definition) is 2. The zero-order valence-electron chi connectivity index (χ0n) is 10.4. The molecule has 100 valence electrons. The second-order valence-electron chi connectivity index (χ2n) is 4.97. The first-order valence-electron chi connectivity index (χ1n) is 6.36. The van der Waals surface area contributed by atoms with Crippen LogP contribution in [0.3, 0.4) is 0 Å². The topological polar surface area (TPSA) is 44.9 Å². The highest BCUT2D eigenvalue weighted by Crippen LogP contribution is 2.37. The third kappa shape index (κ3) is 3.08. The van der Waals surface area contributed by atoms with Crippen LogP contribution < -0.4 is 10.2 Å². The van der Waals surface area contributed by atoms with Gasteiger partial charge in [0.25, 0.3) is 0 Å². The number of aromatic amines is 1. The zero-order valence-corrected chi connectivity index (χ0v) is 11.9. The molecule has 0 bridgehead atoms. The number of rotatable bonds is 4. The number of aromatic nitrogens is 1. The molecule has 3 nitrogen and oxygen atoms in total. The first-order chi connectivity index (χ1) is 9.20. The van der Waals surface area contributed by atoms with Gasteiger partial charge in [-0.25, -0.2) is 0 Å². The lowest BCUT2D eigenvalue weighted by molar-refractivity contribution is 0.289. The lowest BCUT2D eigenvalue weighted by atomic mass is 9.76. The Bertz CT molecular complexity index is 598. The molecule has 1 heterocycles. The standard InChI is InChI=1S/C14H15ClN2OS/c15-11-3-1-9(2-4-11)10-5-12(6-10)16-7-13-8-19-14(18)17-13/h1-4,8,10,12,16H,5-7H2,(H,17,18). The maximum Gasteiger partial charge on any atom is 0.304 e. The average Bonchev–Trinajstić information content (AvgIpc) is 2.75. The number of hydrogen-bond acceptors (Lipinski definition) is 3. The molecular weight excluding hydrogens is 280 g/mol. The van der Waals surface area contributed by atoms with Crippen LogP contribution >= 0.6 is 22.9 Å². The largest absolute Gasteiger partial charge is 0.315 e. The Balaban J connectivity index is 1.47. The van der Waals surface area contributed by atoms with Crippen molar-refractivity contribution in [3.05, 3.63) is 55.6 Å². The van der Waals surface area contributed by atoms with Gasteiger partial charge >= 0.3 is 4.87 Å². The Hall–Kier alpha value is -1.10. The second kappa shape index (κ2) is 5.49. The number of benzene rings is 1. The molecule has 19 heavy (non-hydrogen) atoms. The van der Waals surface area contributed by atoms with Gasteiger partial charge in [-0.2, -0.15) is 0 Å². The van der Waals surface area contributed by atoms with E-state index in [-0.39, 0.29) is 4.87 Å². The average molecular weight is 295 g/mol. The van der Waals surface area contributed by atoms with Crippen molar-refractivity contribution < 1.29 is 0 Å². The molecule has 1 aliphatic carbocycles. The van der Waals surface area contributed by atoms with Crippen LogP contribution in [0, 0.1) is 0 Å². The van der Waals surface area contributed by atoms with Gasteiger partial charge in [-0.1, -0.05) is 35.1 Å². The molecule has 0 saturated heterocycles. The van der Waals surface area contributed by atoms with Crippen molar-refractivity contribution in [3.8, 4) is 0 Å². The Morgan fingerprint density at radius 2 is 2.05 bits per heavy atom. The van der Waals surface area contributed by atoms with Gasteiger partial charge in [0.15, 0.2) is 0 Å². The van der Waals surface area contributed by atoms with Crippen molar-refractivity contribution in [1.29, 1.82) is 0 Å². The molecule has 3 rings (SSSR count). The van der Waals surface area contributed by atoms with Crippen molar-refractivity contribution >= 4 is 22.9 Å². The Kier molecular flexibility index (Phi) is 3.73. The molecular formula is C14H15ClN2OS. The van der Waals surface area contributed by atoms with Crippen molar-refractivity contribution in [2.45, 2.75) is 31.3 Å². The van der Waals surface area contributed by atoms with E-state index in [1.54, 1.807) is 0 Å². The highest BCUT2D eigenvalue weighted by molar-refractivity contribution is 7.07. The van der Waals surface area contributed by atoms with Crippen LogP contribution in [-0.4, -0.2) is 11.0 Å². The Morgan fingerprint density at radius 1 is 1.32 bits per heavy atom. The van der Waals surface area contributed by atoms with Crippen LogP contribution in [0.15, 0.2) is 34.4 Å². The molecule has 0 atom stereocenters. The van der Waals surface area contributed by atoms with Gasteiger partial charge in [0.1, 0.15) is 0 Å². The molecule has 1 saturated carbocycles. The van der Waals surface area contributed by atoms with Gasteiger partial charge in [-0.15, -0.1) is 0 Å². The number of H-pyrrole nitrogens is 1. The van der Waals surface area contributed by atoms with Crippen molar-refractivity contribution in [2.75, 3.05) is 0 Å². The Morgan fingerprint density at radius 3 is 2.68 bits per heavy atom. The molecule has 2 N–H and O–H groups in total. The molecule has 5 heteroatoms. The molecule has 0 radical (unpaired) electrons. The minimum atomic E-state index is 0.0180. The van der Waals surface area contributed by atoms with E-state index >= 15 is 0 Å². The molecule has 1 fully saturated rings. The predicted molar refractivity (Wildman–Crippen MR) is 79.0 cm³/mol. The summed E-state index contributed by atoms with van der Waals surface area (Å²) in [5, 5.41) is 6.14. The Labute approximate surface area is 120 Å². The summed E-state index contributed by atoms with van der Waals surface area (Å²) in [6, 6.07) is 8.67. The quantitative estimate of drug-likeness (QED) is 0.910. The van der Waals surface area contributed by atoms with E-state index < -0.39 is 0 Å². The number of thiazole rings is 1. The van der Waals surface area contributed by atoms with Gasteiger partial charge in [-0.05, 0) is 36.5 Å². The van der Waals surface area contributed by atoms with Gasteiger partial charge in [-0.3, -0.25) is 4.79 Å². The lowest BCUT2D eigenvalue weighted by Crippen LogP contribution is -2.39. The van der Waals surface area contributed by atoms with E-state index in [0.29, 0.717) is 12.0 Å². The molecule has 0 aliphatic heterocycles. The minimum absolute atomic E-state index is 0.0180. The van der Waals surface area contributed by atoms with Crippen LogP contribution in [0.4, 0.5) is 0 Å². The van der Waals surface area contributed by atoms with Crippen LogP contribution in [-0.2, 0) is 6.54 Å². The lowest BCUT2D eigenvalue weighted by Gasteiger charge is -2.36. The third-order valence-corrected chi connectivity index (χ3v) is 4.60. The first kappa shape index (κ1) is 12.9. The van der Waals surface area contributed by atoms with Gasteiger partial charge < -0.3 is 10.3 Å². The highest BCUT2D eigenvalue weighted by Gasteiger charge is 2.29. The fourth-order valence-corrected chi connectivity index (χ4v) is 3.15. The smallest absolute Gasteiger partial charge is 0.304 e. The molecule has 2 aromatic rings. The van der Waals surface area contributed by atoms with E-state index in [4.69, 9.17) is 11.6 Å². The van der Waals surface area contributed by atoms with Crippen LogP contribution in [0.1, 0.15) is 30.0 Å². The van der Waals surface area contributed by atoms with E-state index in [1.165, 1.54) is 16.9 Å². The fraction of sp³-hybridized carbons (Fsp3) is 0.357. The van der Waals surface area contributed by atoms with Crippen molar-refractivity contribution in [3.63, 3.8) is 0 Å². The number of halogens is 1. The predicted octanol–water partition coefficient (Wildman–Crippen LogP) is 3.13. The summed E-state index contributed by atoms with van der Waals surface area (Å²) in [5.74, 6) is 0.635. The summed E-state index contributed by atoms with van der Waals surface area (Å²) in [5.41, 5.74) is 2.34. The van der Waals surface area contributed by atoms with Crippen molar-refractivity contribution in [2.24, 2.45) is 0 Å². The minimum Gasteiger partial charge on any atom is -0.315 e. The monoisotopic (exact) mass is 294 g/mol. The van der Waals surface area contributed by atoms with E-state index in [2.05, 4.69) is 22.4 Å². The summed E-state index contributed by atoms with van der Waals surface area (Å²) in [7, 11) is 0. The van der Waals surface area contributed by atoms with Crippen LogP contribution in [0.5, 0.6) is 0 Å². The summed E-state index contributed by atoms with van der Waals surface area (Å²) < 4.78 is 0. The van der Waals surface area contributed by atoms with E-state index in [9.17, 15) is 4.79 Å². The van der Waals surface area contributed by atoms with Crippen molar-refractivity contribution in [1.82, 2.24) is 10.3 Å². The molecule has 1 aromatic carbocycles. The first-order valence-corrected chi connectivity index (χ1v) is 7.62. The van der Waals surface area contributed by atoms with Crippen LogP contribution in [0.25, 0.3) is 0 Å². The SMILES string of the molecule is O=c1[nH]c(CNC2CC(c3ccc(Cl)cc3)C2)cs1. The van der Waals surface area contributed by atoms with E-state index in [1.807, 2.05) is 17.5 Å². The summed E-state index contributed by atoms with van der Waals surface area (Å²) in [4.78, 5) is 13.8. The third-order valence-electron chi connectivity index (χ3n) is 3.63. The molecule has 1 aromatic heterocycles. The van der Waals surface area contributed by atoms with Gasteiger partial charge in [0, 0.05) is 28.7 Å². The molecule has 0 amide bonds. The highest BCUT2D eigenvalue weighted by atomic mass is 35.5. The molecule has 0 unspecified atom stereocenters. The van der Waals surface area contributed by atoms with Gasteiger partial charge in [0.2, 0.25) is 0 Å². The zero-order chi connectivity index (χ0) is 13.2. The maximum atomic E-state index is 11.0. The van der Waals surface area contributed by atoms with E-state index in [0.717, 1.165) is 30.1 Å². The maximum absolute atomic E-state index is 11.0. The fourth-order valence-electron chi connectivity index (χ4n) is 2.45. The summed E-state index contributed by atoms with van der Waals surface area (Å²) in [6.45, 7) is 0.747. The second-order valence-corrected chi connectivity index (χ2v) is 6.25. The number of nitrogens with one attached hydrogen (secondary N) is 2. The summed E-state index contributed by atoms with van der Waals surface area (Å²) >= 11 is 7.10. The molecule has 1 aliphatic rings. The van der Waals surface area contributed by atoms with Gasteiger partial charge in [0.05, 0.1) is 0 Å². The normalized spacial score (nSPS) is 22.2. The van der Waals surface area contributed by atoms with Crippen LogP contribution in [0.2, 0.25) is 5.02 Å². The summed E-state index contributed by atoms with van der Waals surface area (Å²) in [6.07, 6.45) is 2.30. The molecule has 0 spiro atoms.